The number of hydrogen-bond acceptors (Lipinski definition) is 4. The molecule has 2 atom stereocenters. The van der Waals surface area contributed by atoms with E-state index in [-0.39, 0.29) is 5.91 Å². The van der Waals surface area contributed by atoms with Gasteiger partial charge in [0.1, 0.15) is 6.33 Å². The molecule has 2 heterocycles. The summed E-state index contributed by atoms with van der Waals surface area (Å²) in [7, 11) is 0. The van der Waals surface area contributed by atoms with Gasteiger partial charge in [0.15, 0.2) is 0 Å². The predicted octanol–water partition coefficient (Wildman–Crippen LogP) is 1.61. The van der Waals surface area contributed by atoms with Crippen molar-refractivity contribution < 1.29 is 4.79 Å². The molecule has 120 valence electrons. The minimum absolute atomic E-state index is 0.0319. The van der Waals surface area contributed by atoms with Gasteiger partial charge in [-0.1, -0.05) is 0 Å². The Morgan fingerprint density at radius 2 is 2.18 bits per heavy atom. The van der Waals surface area contributed by atoms with Crippen molar-refractivity contribution >= 4 is 5.91 Å². The molecule has 0 aromatic carbocycles. The molecule has 4 rings (SSSR count). The van der Waals surface area contributed by atoms with E-state index < -0.39 is 0 Å². The SMILES string of the molecule is C[C@H](C1CC1)N(C(=O)c1ncn([C@H]2CCCNC2)n1)C1CC1. The summed E-state index contributed by atoms with van der Waals surface area (Å²) in [6.07, 6.45) is 8.78. The molecule has 22 heavy (non-hydrogen) atoms. The molecule has 6 heteroatoms. The number of carbonyl (C=O) groups is 1. The minimum atomic E-state index is 0.0319. The molecule has 6 nitrogen and oxygen atoms in total. The third kappa shape index (κ3) is 2.76. The summed E-state index contributed by atoms with van der Waals surface area (Å²) in [5.41, 5.74) is 0. The Morgan fingerprint density at radius 3 is 2.82 bits per heavy atom. The molecule has 1 N–H and O–H groups in total. The van der Waals surface area contributed by atoms with Gasteiger partial charge >= 0.3 is 0 Å². The molecule has 1 aromatic heterocycles. The van der Waals surface area contributed by atoms with E-state index in [2.05, 4.69) is 27.2 Å². The van der Waals surface area contributed by atoms with Gasteiger partial charge in [0.25, 0.3) is 5.91 Å². The van der Waals surface area contributed by atoms with Crippen molar-refractivity contribution in [1.29, 1.82) is 0 Å². The maximum atomic E-state index is 12.9. The fourth-order valence-corrected chi connectivity index (χ4v) is 3.57. The lowest BCUT2D eigenvalue weighted by molar-refractivity contribution is 0.0640. The maximum Gasteiger partial charge on any atom is 0.294 e. The van der Waals surface area contributed by atoms with Crippen molar-refractivity contribution in [3.63, 3.8) is 0 Å². The lowest BCUT2D eigenvalue weighted by Gasteiger charge is -2.28. The minimum Gasteiger partial charge on any atom is -0.330 e. The first-order valence-corrected chi connectivity index (χ1v) is 8.68. The van der Waals surface area contributed by atoms with Gasteiger partial charge < -0.3 is 10.2 Å². The summed E-state index contributed by atoms with van der Waals surface area (Å²) in [6.45, 7) is 4.18. The van der Waals surface area contributed by atoms with Gasteiger partial charge in [0.2, 0.25) is 5.82 Å². The van der Waals surface area contributed by atoms with Gasteiger partial charge in [-0.25, -0.2) is 9.67 Å². The monoisotopic (exact) mass is 303 g/mol. The van der Waals surface area contributed by atoms with E-state index in [1.54, 1.807) is 6.33 Å². The van der Waals surface area contributed by atoms with Gasteiger partial charge in [-0.3, -0.25) is 4.79 Å². The van der Waals surface area contributed by atoms with Gasteiger partial charge in [-0.2, -0.15) is 0 Å². The van der Waals surface area contributed by atoms with Crippen molar-refractivity contribution in [3.8, 4) is 0 Å². The van der Waals surface area contributed by atoms with Crippen LogP contribution in [0.4, 0.5) is 0 Å². The fraction of sp³-hybridized carbons (Fsp3) is 0.812. The first-order chi connectivity index (χ1) is 10.7. The zero-order chi connectivity index (χ0) is 15.1. The molecular formula is C16H25N5O. The number of hydrogen-bond donors (Lipinski definition) is 1. The van der Waals surface area contributed by atoms with Crippen LogP contribution in [0.3, 0.4) is 0 Å². The summed E-state index contributed by atoms with van der Waals surface area (Å²) in [5, 5.41) is 7.88. The number of carbonyl (C=O) groups excluding carboxylic acids is 1. The summed E-state index contributed by atoms with van der Waals surface area (Å²) in [4.78, 5) is 19.3. The summed E-state index contributed by atoms with van der Waals surface area (Å²) >= 11 is 0. The molecule has 0 spiro atoms. The Bertz CT molecular complexity index is 542. The normalized spacial score (nSPS) is 26.7. The van der Waals surface area contributed by atoms with E-state index in [0.717, 1.165) is 38.8 Å². The zero-order valence-electron chi connectivity index (χ0n) is 13.2. The average Bonchev–Trinajstić information content (AvgIpc) is 3.47. The van der Waals surface area contributed by atoms with Crippen LogP contribution in [-0.2, 0) is 0 Å². The molecule has 2 aliphatic carbocycles. The molecule has 3 fully saturated rings. The van der Waals surface area contributed by atoms with Gasteiger partial charge in [-0.05, 0) is 57.9 Å². The maximum absolute atomic E-state index is 12.9. The number of nitrogens with one attached hydrogen (secondary N) is 1. The van der Waals surface area contributed by atoms with Crippen molar-refractivity contribution in [3.05, 3.63) is 12.2 Å². The third-order valence-electron chi connectivity index (χ3n) is 5.26. The van der Waals surface area contributed by atoms with Crippen LogP contribution in [0.5, 0.6) is 0 Å². The Balaban J connectivity index is 1.50. The number of piperidine rings is 1. The van der Waals surface area contributed by atoms with E-state index in [0.29, 0.717) is 29.9 Å². The molecule has 0 unspecified atom stereocenters. The van der Waals surface area contributed by atoms with E-state index in [1.165, 1.54) is 12.8 Å². The highest BCUT2D eigenvalue weighted by molar-refractivity contribution is 5.91. The van der Waals surface area contributed by atoms with E-state index in [4.69, 9.17) is 0 Å². The zero-order valence-corrected chi connectivity index (χ0v) is 13.2. The second-order valence-electron chi connectivity index (χ2n) is 7.07. The van der Waals surface area contributed by atoms with Crippen molar-refractivity contribution in [2.75, 3.05) is 13.1 Å². The summed E-state index contributed by atoms with van der Waals surface area (Å²) in [5.74, 6) is 1.10. The number of nitrogens with zero attached hydrogens (tertiary/aromatic N) is 4. The molecule has 1 aliphatic heterocycles. The van der Waals surface area contributed by atoms with Crippen LogP contribution in [0.25, 0.3) is 0 Å². The lowest BCUT2D eigenvalue weighted by atomic mass is 10.1. The van der Waals surface area contributed by atoms with Gasteiger partial charge in [0.05, 0.1) is 6.04 Å². The highest BCUT2D eigenvalue weighted by atomic mass is 16.2. The van der Waals surface area contributed by atoms with E-state index in [9.17, 15) is 4.79 Å². The van der Waals surface area contributed by atoms with Crippen LogP contribution in [0.2, 0.25) is 0 Å². The van der Waals surface area contributed by atoms with E-state index in [1.807, 2.05) is 4.68 Å². The topological polar surface area (TPSA) is 63.1 Å². The second kappa shape index (κ2) is 5.65. The predicted molar refractivity (Wildman–Crippen MR) is 82.5 cm³/mol. The third-order valence-corrected chi connectivity index (χ3v) is 5.26. The van der Waals surface area contributed by atoms with E-state index >= 15 is 0 Å². The number of aromatic nitrogens is 3. The molecule has 2 saturated carbocycles. The van der Waals surface area contributed by atoms with Crippen LogP contribution in [-0.4, -0.2) is 50.7 Å². The molecule has 3 aliphatic rings. The molecule has 0 bridgehead atoms. The smallest absolute Gasteiger partial charge is 0.294 e. The molecule has 0 radical (unpaired) electrons. The van der Waals surface area contributed by atoms with Crippen molar-refractivity contribution in [2.24, 2.45) is 5.92 Å². The Hall–Kier alpha value is -1.43. The summed E-state index contributed by atoms with van der Waals surface area (Å²) in [6, 6.07) is 1.09. The Morgan fingerprint density at radius 1 is 1.36 bits per heavy atom. The average molecular weight is 303 g/mol. The van der Waals surface area contributed by atoms with Crippen LogP contribution in [0.15, 0.2) is 6.33 Å². The standard InChI is InChI=1S/C16H25N5O/c1-11(12-4-5-12)21(13-6-7-13)16(22)15-18-10-20(19-15)14-3-2-8-17-9-14/h10-14,17H,2-9H2,1H3/t11-,14+/m1/s1. The molecule has 1 saturated heterocycles. The Labute approximate surface area is 131 Å². The second-order valence-corrected chi connectivity index (χ2v) is 7.07. The largest absolute Gasteiger partial charge is 0.330 e. The molecular weight excluding hydrogens is 278 g/mol. The highest BCUT2D eigenvalue weighted by Gasteiger charge is 2.42. The fourth-order valence-electron chi connectivity index (χ4n) is 3.57. The Kier molecular flexibility index (Phi) is 3.64. The van der Waals surface area contributed by atoms with Gasteiger partial charge in [-0.15, -0.1) is 5.10 Å². The van der Waals surface area contributed by atoms with Gasteiger partial charge in [0, 0.05) is 18.6 Å². The molecule has 1 aromatic rings. The molecule has 1 amide bonds. The number of amides is 1. The lowest BCUT2D eigenvalue weighted by Crippen LogP contribution is -2.42. The first kappa shape index (κ1) is 14.2. The van der Waals surface area contributed by atoms with Crippen LogP contribution < -0.4 is 5.32 Å². The van der Waals surface area contributed by atoms with Crippen LogP contribution in [0, 0.1) is 5.92 Å². The first-order valence-electron chi connectivity index (χ1n) is 8.68. The van der Waals surface area contributed by atoms with Crippen molar-refractivity contribution in [1.82, 2.24) is 25.0 Å². The van der Waals surface area contributed by atoms with Crippen LogP contribution >= 0.6 is 0 Å². The summed E-state index contributed by atoms with van der Waals surface area (Å²) < 4.78 is 1.88. The van der Waals surface area contributed by atoms with Crippen LogP contribution in [0.1, 0.15) is 62.1 Å². The highest BCUT2D eigenvalue weighted by Crippen LogP contribution is 2.40. The van der Waals surface area contributed by atoms with Crippen molar-refractivity contribution in [2.45, 2.75) is 63.6 Å². The quantitative estimate of drug-likeness (QED) is 0.897. The number of rotatable bonds is 5.